The summed E-state index contributed by atoms with van der Waals surface area (Å²) in [5, 5.41) is 0. The SMILES string of the molecule is CCC1C=C(C)C2=C(C=C2)C1F. The van der Waals surface area contributed by atoms with E-state index in [1.54, 1.807) is 0 Å². The molecule has 12 heavy (non-hydrogen) atoms. The van der Waals surface area contributed by atoms with Crippen molar-refractivity contribution >= 4 is 0 Å². The van der Waals surface area contributed by atoms with Crippen LogP contribution in [-0.2, 0) is 0 Å². The first-order valence-electron chi connectivity index (χ1n) is 4.49. The lowest BCUT2D eigenvalue weighted by Gasteiger charge is -2.30. The van der Waals surface area contributed by atoms with E-state index in [9.17, 15) is 4.39 Å². The number of rotatable bonds is 1. The second-order valence-corrected chi connectivity index (χ2v) is 3.53. The fourth-order valence-electron chi connectivity index (χ4n) is 1.91. The minimum atomic E-state index is -0.751. The normalized spacial score (nSPS) is 32.8. The summed E-state index contributed by atoms with van der Waals surface area (Å²) < 4.78 is 13.6. The largest absolute Gasteiger partial charge is 0.242 e. The molecular weight excluding hydrogens is 151 g/mol. The maximum atomic E-state index is 13.6. The summed E-state index contributed by atoms with van der Waals surface area (Å²) in [4.78, 5) is 0. The molecular formula is C11H13F. The van der Waals surface area contributed by atoms with Gasteiger partial charge in [0.05, 0.1) is 0 Å². The third-order valence-electron chi connectivity index (χ3n) is 2.77. The van der Waals surface area contributed by atoms with Gasteiger partial charge in [0.1, 0.15) is 6.17 Å². The van der Waals surface area contributed by atoms with Gasteiger partial charge < -0.3 is 0 Å². The smallest absolute Gasteiger partial charge is 0.132 e. The van der Waals surface area contributed by atoms with Gasteiger partial charge in [0.15, 0.2) is 0 Å². The van der Waals surface area contributed by atoms with Crippen LogP contribution in [0, 0.1) is 5.92 Å². The van der Waals surface area contributed by atoms with Gasteiger partial charge in [-0.25, -0.2) is 4.39 Å². The fraction of sp³-hybridized carbons (Fsp3) is 0.455. The first-order chi connectivity index (χ1) is 5.74. The Bertz CT molecular complexity index is 294. The number of halogens is 1. The monoisotopic (exact) mass is 164 g/mol. The average Bonchev–Trinajstić information content (AvgIpc) is 1.95. The van der Waals surface area contributed by atoms with Gasteiger partial charge in [-0.05, 0) is 30.1 Å². The molecule has 2 aliphatic rings. The maximum absolute atomic E-state index is 13.6. The molecule has 0 aromatic rings. The van der Waals surface area contributed by atoms with Crippen molar-refractivity contribution in [1.29, 1.82) is 0 Å². The lowest BCUT2D eigenvalue weighted by atomic mass is 9.77. The molecule has 0 fully saturated rings. The molecule has 0 aromatic carbocycles. The lowest BCUT2D eigenvalue weighted by molar-refractivity contribution is 0.297. The van der Waals surface area contributed by atoms with Crippen molar-refractivity contribution in [3.63, 3.8) is 0 Å². The molecule has 0 bridgehead atoms. The van der Waals surface area contributed by atoms with Gasteiger partial charge in [-0.1, -0.05) is 25.2 Å². The molecule has 2 aliphatic carbocycles. The van der Waals surface area contributed by atoms with Gasteiger partial charge in [-0.15, -0.1) is 0 Å². The van der Waals surface area contributed by atoms with Gasteiger partial charge in [0, 0.05) is 5.92 Å². The predicted molar refractivity (Wildman–Crippen MR) is 48.6 cm³/mol. The fourth-order valence-corrected chi connectivity index (χ4v) is 1.91. The molecule has 0 radical (unpaired) electrons. The van der Waals surface area contributed by atoms with Crippen LogP contribution in [0.1, 0.15) is 20.3 Å². The number of hydrogen-bond donors (Lipinski definition) is 0. The van der Waals surface area contributed by atoms with E-state index < -0.39 is 6.17 Å². The van der Waals surface area contributed by atoms with Crippen LogP contribution >= 0.6 is 0 Å². The Morgan fingerprint density at radius 2 is 2.17 bits per heavy atom. The Balaban J connectivity index is 2.30. The first kappa shape index (κ1) is 7.78. The quantitative estimate of drug-likeness (QED) is 0.558. The van der Waals surface area contributed by atoms with Crippen molar-refractivity contribution in [3.8, 4) is 0 Å². The Labute approximate surface area is 72.5 Å². The second-order valence-electron chi connectivity index (χ2n) is 3.53. The molecule has 1 heteroatoms. The summed E-state index contributed by atoms with van der Waals surface area (Å²) in [5.74, 6) is 0.105. The molecule has 2 rings (SSSR count). The highest BCUT2D eigenvalue weighted by Crippen LogP contribution is 2.38. The van der Waals surface area contributed by atoms with Crippen LogP contribution in [0.15, 0.2) is 34.9 Å². The zero-order valence-corrected chi connectivity index (χ0v) is 7.47. The topological polar surface area (TPSA) is 0 Å². The summed E-state index contributed by atoms with van der Waals surface area (Å²) in [6.45, 7) is 4.10. The Kier molecular flexibility index (Phi) is 1.67. The maximum Gasteiger partial charge on any atom is 0.132 e. The lowest BCUT2D eigenvalue weighted by Crippen LogP contribution is -2.23. The Morgan fingerprint density at radius 3 is 2.67 bits per heavy atom. The molecule has 0 amide bonds. The van der Waals surface area contributed by atoms with Crippen LogP contribution in [0.3, 0.4) is 0 Å². The molecule has 0 nitrogen and oxygen atoms in total. The minimum absolute atomic E-state index is 0.105. The highest BCUT2D eigenvalue weighted by Gasteiger charge is 2.30. The first-order valence-corrected chi connectivity index (χ1v) is 4.49. The van der Waals surface area contributed by atoms with Crippen molar-refractivity contribution in [1.82, 2.24) is 0 Å². The van der Waals surface area contributed by atoms with Crippen LogP contribution in [-0.4, -0.2) is 6.17 Å². The second kappa shape index (κ2) is 2.58. The van der Waals surface area contributed by atoms with E-state index in [2.05, 4.69) is 13.0 Å². The standard InChI is InChI=1S/C11H13F/c1-3-8-6-7(2)9-4-5-10(9)11(8)12/h4-6,8,11H,3H2,1-2H3. The summed E-state index contributed by atoms with van der Waals surface area (Å²) >= 11 is 0. The van der Waals surface area contributed by atoms with Crippen molar-refractivity contribution < 1.29 is 4.39 Å². The van der Waals surface area contributed by atoms with Crippen LogP contribution in [0.5, 0.6) is 0 Å². The van der Waals surface area contributed by atoms with Crippen LogP contribution in [0.4, 0.5) is 4.39 Å². The molecule has 0 aromatic heterocycles. The van der Waals surface area contributed by atoms with Crippen LogP contribution in [0.25, 0.3) is 0 Å². The number of hydrogen-bond acceptors (Lipinski definition) is 0. The van der Waals surface area contributed by atoms with E-state index in [1.807, 2.05) is 19.1 Å². The van der Waals surface area contributed by atoms with Crippen LogP contribution in [0.2, 0.25) is 0 Å². The summed E-state index contributed by atoms with van der Waals surface area (Å²) in [6, 6.07) is 0. The highest BCUT2D eigenvalue weighted by molar-refractivity contribution is 5.59. The van der Waals surface area contributed by atoms with E-state index in [4.69, 9.17) is 0 Å². The third-order valence-corrected chi connectivity index (χ3v) is 2.77. The van der Waals surface area contributed by atoms with Crippen molar-refractivity contribution in [3.05, 3.63) is 34.9 Å². The molecule has 0 saturated heterocycles. The predicted octanol–water partition coefficient (Wildman–Crippen LogP) is 3.18. The molecule has 0 N–H and O–H groups in total. The van der Waals surface area contributed by atoms with Gasteiger partial charge in [0.2, 0.25) is 0 Å². The van der Waals surface area contributed by atoms with Gasteiger partial charge in [0.25, 0.3) is 0 Å². The molecule has 0 heterocycles. The molecule has 0 aliphatic heterocycles. The Morgan fingerprint density at radius 1 is 1.42 bits per heavy atom. The minimum Gasteiger partial charge on any atom is -0.242 e. The molecule has 2 atom stereocenters. The third kappa shape index (κ3) is 0.889. The number of allylic oxidation sites excluding steroid dienone is 6. The van der Waals surface area contributed by atoms with Crippen molar-refractivity contribution in [2.75, 3.05) is 0 Å². The summed E-state index contributed by atoms with van der Waals surface area (Å²) in [6.07, 6.45) is 6.10. The van der Waals surface area contributed by atoms with Crippen molar-refractivity contribution in [2.45, 2.75) is 26.4 Å². The van der Waals surface area contributed by atoms with E-state index in [-0.39, 0.29) is 5.92 Å². The molecule has 2 unspecified atom stereocenters. The molecule has 0 spiro atoms. The van der Waals surface area contributed by atoms with E-state index >= 15 is 0 Å². The van der Waals surface area contributed by atoms with Gasteiger partial charge in [-0.3, -0.25) is 0 Å². The molecule has 0 saturated carbocycles. The van der Waals surface area contributed by atoms with E-state index in [1.165, 1.54) is 5.57 Å². The average molecular weight is 164 g/mol. The summed E-state index contributed by atoms with van der Waals surface area (Å²) in [5.41, 5.74) is 3.29. The van der Waals surface area contributed by atoms with E-state index in [0.29, 0.717) is 0 Å². The van der Waals surface area contributed by atoms with Gasteiger partial charge >= 0.3 is 0 Å². The zero-order valence-electron chi connectivity index (χ0n) is 7.47. The Hall–Kier alpha value is -0.850. The van der Waals surface area contributed by atoms with Gasteiger partial charge in [-0.2, -0.15) is 0 Å². The molecule has 64 valence electrons. The van der Waals surface area contributed by atoms with E-state index in [0.717, 1.165) is 17.6 Å². The number of alkyl halides is 1. The van der Waals surface area contributed by atoms with Crippen molar-refractivity contribution in [2.24, 2.45) is 5.92 Å². The van der Waals surface area contributed by atoms with Crippen LogP contribution < -0.4 is 0 Å². The zero-order chi connectivity index (χ0) is 8.72. The summed E-state index contributed by atoms with van der Waals surface area (Å²) in [7, 11) is 0. The highest BCUT2D eigenvalue weighted by atomic mass is 19.1.